The molecule has 0 bridgehead atoms. The largest absolute Gasteiger partial charge is 0.480 e. The van der Waals surface area contributed by atoms with Gasteiger partial charge in [0.1, 0.15) is 5.75 Å². The number of carbonyl (C=O) groups is 1. The highest BCUT2D eigenvalue weighted by Crippen LogP contribution is 2.22. The molecule has 0 spiro atoms. The number of rotatable bonds is 4. The van der Waals surface area contributed by atoms with E-state index in [9.17, 15) is 4.79 Å². The van der Waals surface area contributed by atoms with Gasteiger partial charge in [-0.05, 0) is 50.3 Å². The smallest absolute Gasteiger partial charge is 0.263 e. The lowest BCUT2D eigenvalue weighted by Gasteiger charge is -2.26. The van der Waals surface area contributed by atoms with Crippen LogP contribution in [0.5, 0.6) is 5.75 Å². The molecule has 0 radical (unpaired) electrons. The van der Waals surface area contributed by atoms with Crippen LogP contribution in [0.4, 0.5) is 0 Å². The fourth-order valence-corrected chi connectivity index (χ4v) is 2.79. The molecule has 1 aliphatic heterocycles. The Morgan fingerprint density at radius 3 is 2.48 bits per heavy atom. The van der Waals surface area contributed by atoms with Crippen molar-refractivity contribution in [2.24, 2.45) is 0 Å². The molecule has 0 N–H and O–H groups in total. The summed E-state index contributed by atoms with van der Waals surface area (Å²) in [6, 6.07) is 6.14. The third kappa shape index (κ3) is 4.23. The molecule has 0 unspecified atom stereocenters. The van der Waals surface area contributed by atoms with Crippen LogP contribution in [0.25, 0.3) is 0 Å². The monoisotopic (exact) mass is 289 g/mol. The van der Waals surface area contributed by atoms with E-state index in [-0.39, 0.29) is 12.0 Å². The van der Waals surface area contributed by atoms with Gasteiger partial charge in [-0.2, -0.15) is 0 Å². The lowest BCUT2D eigenvalue weighted by atomic mass is 10.1. The van der Waals surface area contributed by atoms with Crippen molar-refractivity contribution in [2.75, 3.05) is 13.1 Å². The fourth-order valence-electron chi connectivity index (χ4n) is 2.79. The summed E-state index contributed by atoms with van der Waals surface area (Å²) in [7, 11) is 0. The van der Waals surface area contributed by atoms with Crippen molar-refractivity contribution in [3.05, 3.63) is 29.3 Å². The maximum absolute atomic E-state index is 12.7. The van der Waals surface area contributed by atoms with Crippen LogP contribution in [-0.4, -0.2) is 30.0 Å². The summed E-state index contributed by atoms with van der Waals surface area (Å²) in [5, 5.41) is 0. The van der Waals surface area contributed by atoms with Crippen molar-refractivity contribution in [3.8, 4) is 5.75 Å². The summed E-state index contributed by atoms with van der Waals surface area (Å²) >= 11 is 0. The Morgan fingerprint density at radius 2 is 1.86 bits per heavy atom. The van der Waals surface area contributed by atoms with E-state index in [1.807, 2.05) is 37.8 Å². The number of nitrogens with zero attached hydrogens (tertiary/aromatic N) is 1. The van der Waals surface area contributed by atoms with E-state index in [1.165, 1.54) is 12.8 Å². The molecule has 1 heterocycles. The first-order valence-corrected chi connectivity index (χ1v) is 8.14. The fraction of sp³-hybridized carbons (Fsp3) is 0.611. The molecule has 3 nitrogen and oxygen atoms in total. The summed E-state index contributed by atoms with van der Waals surface area (Å²) in [4.78, 5) is 14.7. The van der Waals surface area contributed by atoms with Crippen LogP contribution >= 0.6 is 0 Å². The third-order valence-electron chi connectivity index (χ3n) is 4.18. The second kappa shape index (κ2) is 7.48. The summed E-state index contributed by atoms with van der Waals surface area (Å²) in [5.41, 5.74) is 2.25. The maximum atomic E-state index is 12.7. The quantitative estimate of drug-likeness (QED) is 0.842. The Kier molecular flexibility index (Phi) is 5.66. The predicted octanol–water partition coefficient (Wildman–Crippen LogP) is 3.86. The summed E-state index contributed by atoms with van der Waals surface area (Å²) in [5.74, 6) is 0.991. The number of aryl methyl sites for hydroxylation is 2. The maximum Gasteiger partial charge on any atom is 0.263 e. The molecule has 1 aromatic rings. The van der Waals surface area contributed by atoms with Gasteiger partial charge in [0.15, 0.2) is 6.10 Å². The molecule has 1 aromatic carbocycles. The van der Waals surface area contributed by atoms with Crippen molar-refractivity contribution in [1.29, 1.82) is 0 Å². The average Bonchev–Trinajstić information content (AvgIpc) is 2.76. The van der Waals surface area contributed by atoms with Crippen LogP contribution < -0.4 is 4.74 Å². The first-order valence-electron chi connectivity index (χ1n) is 8.14. The molecule has 1 saturated heterocycles. The first-order chi connectivity index (χ1) is 10.1. The molecule has 1 amide bonds. The Hall–Kier alpha value is -1.51. The minimum atomic E-state index is -0.358. The minimum absolute atomic E-state index is 0.153. The van der Waals surface area contributed by atoms with Crippen LogP contribution in [0.2, 0.25) is 0 Å². The highest BCUT2D eigenvalue weighted by molar-refractivity contribution is 5.81. The number of likely N-dealkylation sites (tertiary alicyclic amines) is 1. The van der Waals surface area contributed by atoms with Crippen LogP contribution in [0.15, 0.2) is 18.2 Å². The highest BCUT2D eigenvalue weighted by Gasteiger charge is 2.25. The number of hydrogen-bond acceptors (Lipinski definition) is 2. The Morgan fingerprint density at radius 1 is 1.19 bits per heavy atom. The van der Waals surface area contributed by atoms with Gasteiger partial charge in [0.25, 0.3) is 5.91 Å². The Bertz CT molecular complexity index is 476. The van der Waals surface area contributed by atoms with E-state index in [1.54, 1.807) is 0 Å². The van der Waals surface area contributed by atoms with Crippen molar-refractivity contribution >= 4 is 5.91 Å². The van der Waals surface area contributed by atoms with E-state index < -0.39 is 0 Å². The van der Waals surface area contributed by atoms with Crippen LogP contribution in [0.1, 0.15) is 50.2 Å². The van der Waals surface area contributed by atoms with Gasteiger partial charge in [-0.3, -0.25) is 4.79 Å². The second-order valence-electron chi connectivity index (χ2n) is 6.02. The molecular formula is C18H27NO2. The number of benzene rings is 1. The van der Waals surface area contributed by atoms with Crippen LogP contribution in [-0.2, 0) is 4.79 Å². The van der Waals surface area contributed by atoms with Crippen LogP contribution in [0.3, 0.4) is 0 Å². The third-order valence-corrected chi connectivity index (χ3v) is 4.18. The molecule has 1 aliphatic rings. The van der Waals surface area contributed by atoms with Gasteiger partial charge in [0, 0.05) is 13.1 Å². The summed E-state index contributed by atoms with van der Waals surface area (Å²) < 4.78 is 6.04. The number of carbonyl (C=O) groups excluding carboxylic acids is 1. The minimum Gasteiger partial charge on any atom is -0.480 e. The van der Waals surface area contributed by atoms with Gasteiger partial charge in [-0.1, -0.05) is 31.9 Å². The molecule has 1 atom stereocenters. The molecule has 2 rings (SSSR count). The molecule has 3 heteroatoms. The Balaban J connectivity index is 2.07. The second-order valence-corrected chi connectivity index (χ2v) is 6.02. The molecule has 0 aromatic heterocycles. The van der Waals surface area contributed by atoms with E-state index in [4.69, 9.17) is 4.74 Å². The van der Waals surface area contributed by atoms with Crippen molar-refractivity contribution in [2.45, 2.75) is 59.0 Å². The SMILES string of the molecule is CC[C@@H](Oc1cc(C)ccc1C)C(=O)N1CCCCCC1. The topological polar surface area (TPSA) is 29.5 Å². The average molecular weight is 289 g/mol. The predicted molar refractivity (Wildman–Crippen MR) is 85.7 cm³/mol. The van der Waals surface area contributed by atoms with E-state index in [0.717, 1.165) is 42.8 Å². The van der Waals surface area contributed by atoms with Crippen molar-refractivity contribution in [3.63, 3.8) is 0 Å². The van der Waals surface area contributed by atoms with Gasteiger partial charge >= 0.3 is 0 Å². The molecule has 21 heavy (non-hydrogen) atoms. The lowest BCUT2D eigenvalue weighted by Crippen LogP contribution is -2.42. The zero-order valence-corrected chi connectivity index (χ0v) is 13.5. The zero-order valence-electron chi connectivity index (χ0n) is 13.5. The first kappa shape index (κ1) is 15.9. The molecule has 116 valence electrons. The normalized spacial score (nSPS) is 17.2. The van der Waals surface area contributed by atoms with Gasteiger partial charge in [-0.25, -0.2) is 0 Å². The van der Waals surface area contributed by atoms with E-state index in [0.29, 0.717) is 6.42 Å². The summed E-state index contributed by atoms with van der Waals surface area (Å²) in [6.45, 7) is 7.85. The lowest BCUT2D eigenvalue weighted by molar-refractivity contribution is -0.138. The van der Waals surface area contributed by atoms with Gasteiger partial charge < -0.3 is 9.64 Å². The standard InChI is InChI=1S/C18H27NO2/c1-4-16(18(20)19-11-7-5-6-8-12-19)21-17-13-14(2)9-10-15(17)3/h9-10,13,16H,4-8,11-12H2,1-3H3/t16-/m1/s1. The Labute approximate surface area is 128 Å². The van der Waals surface area contributed by atoms with Crippen LogP contribution in [0, 0.1) is 13.8 Å². The van der Waals surface area contributed by atoms with Gasteiger partial charge in [0.2, 0.25) is 0 Å². The highest BCUT2D eigenvalue weighted by atomic mass is 16.5. The molecule has 0 aliphatic carbocycles. The van der Waals surface area contributed by atoms with Gasteiger partial charge in [-0.15, -0.1) is 0 Å². The number of ether oxygens (including phenoxy) is 1. The zero-order chi connectivity index (χ0) is 15.2. The summed E-state index contributed by atoms with van der Waals surface area (Å²) in [6.07, 6.45) is 5.06. The number of amides is 1. The molecule has 1 fully saturated rings. The van der Waals surface area contributed by atoms with Gasteiger partial charge in [0.05, 0.1) is 0 Å². The molecular weight excluding hydrogens is 262 g/mol. The van der Waals surface area contributed by atoms with Crippen molar-refractivity contribution < 1.29 is 9.53 Å². The van der Waals surface area contributed by atoms with Crippen molar-refractivity contribution in [1.82, 2.24) is 4.90 Å². The number of hydrogen-bond donors (Lipinski definition) is 0. The van der Waals surface area contributed by atoms with E-state index in [2.05, 4.69) is 6.07 Å². The van der Waals surface area contributed by atoms with E-state index >= 15 is 0 Å². The molecule has 0 saturated carbocycles.